The molecule has 25 heavy (non-hydrogen) atoms. The van der Waals surface area contributed by atoms with Gasteiger partial charge in [0.05, 0.1) is 11.6 Å². The predicted molar refractivity (Wildman–Crippen MR) is 82.2 cm³/mol. The van der Waals surface area contributed by atoms with E-state index in [2.05, 4.69) is 4.98 Å². The van der Waals surface area contributed by atoms with Crippen LogP contribution in [0.1, 0.15) is 26.3 Å². The van der Waals surface area contributed by atoms with Crippen molar-refractivity contribution < 1.29 is 27.5 Å². The fourth-order valence-electron chi connectivity index (χ4n) is 4.02. The largest absolute Gasteiger partial charge is 0.465 e. The molecule has 0 radical (unpaired) electrons. The zero-order valence-electron chi connectivity index (χ0n) is 14.0. The summed E-state index contributed by atoms with van der Waals surface area (Å²) in [7, 11) is 0. The smallest absolute Gasteiger partial charge is 0.416 e. The number of alkyl halides is 4. The first-order chi connectivity index (χ1) is 11.4. The molecule has 0 aromatic carbocycles. The quantitative estimate of drug-likeness (QED) is 0.779. The van der Waals surface area contributed by atoms with E-state index in [0.29, 0.717) is 0 Å². The van der Waals surface area contributed by atoms with Gasteiger partial charge in [0.15, 0.2) is 0 Å². The number of aromatic nitrogens is 1. The van der Waals surface area contributed by atoms with Gasteiger partial charge < -0.3 is 10.0 Å². The Kier molecular flexibility index (Phi) is 3.71. The molecule has 3 rings (SSSR count). The second kappa shape index (κ2) is 5.22. The van der Waals surface area contributed by atoms with E-state index in [1.165, 1.54) is 4.90 Å². The van der Waals surface area contributed by atoms with Crippen molar-refractivity contribution in [2.75, 3.05) is 18.0 Å². The summed E-state index contributed by atoms with van der Waals surface area (Å²) in [5.74, 6) is 0.0126. The lowest BCUT2D eigenvalue weighted by atomic mass is 9.72. The highest BCUT2D eigenvalue weighted by Gasteiger charge is 2.69. The molecule has 2 bridgehead atoms. The van der Waals surface area contributed by atoms with Crippen LogP contribution in [0.3, 0.4) is 0 Å². The molecule has 0 spiro atoms. The van der Waals surface area contributed by atoms with Crippen LogP contribution in [0.25, 0.3) is 0 Å². The van der Waals surface area contributed by atoms with Crippen molar-refractivity contribution in [3.05, 3.63) is 23.9 Å². The molecule has 1 aromatic rings. The number of halogens is 4. The Balaban J connectivity index is 2.03. The number of pyridine rings is 1. The predicted octanol–water partition coefficient (Wildman–Crippen LogP) is 3.41. The maximum atomic E-state index is 15.2. The standard InChI is InChI=1S/C16H19F4N3O2/c1-14(2,3)15-8-22(10(12(15)17)7-23(15)13(24)25)11-6-9(4-5-21-11)16(18,19)20/h4-6,10,12H,7-8H2,1-3H3,(H,24,25)/t10-,12?,15+/m0/s1. The maximum Gasteiger partial charge on any atom is 0.416 e. The van der Waals surface area contributed by atoms with Crippen LogP contribution in [0.5, 0.6) is 0 Å². The zero-order valence-corrected chi connectivity index (χ0v) is 14.0. The molecule has 1 amide bonds. The first-order valence-corrected chi connectivity index (χ1v) is 7.84. The minimum absolute atomic E-state index is 0.0126. The van der Waals surface area contributed by atoms with E-state index in [1.807, 2.05) is 0 Å². The van der Waals surface area contributed by atoms with Gasteiger partial charge in [-0.05, 0) is 17.5 Å². The van der Waals surface area contributed by atoms with E-state index in [4.69, 9.17) is 0 Å². The molecule has 2 fully saturated rings. The number of hydrogen-bond donors (Lipinski definition) is 1. The van der Waals surface area contributed by atoms with Gasteiger partial charge in [-0.1, -0.05) is 20.8 Å². The highest BCUT2D eigenvalue weighted by atomic mass is 19.4. The second-order valence-electron chi connectivity index (χ2n) is 7.56. The maximum absolute atomic E-state index is 15.2. The Morgan fingerprint density at radius 1 is 1.36 bits per heavy atom. The van der Waals surface area contributed by atoms with E-state index in [-0.39, 0.29) is 18.9 Å². The van der Waals surface area contributed by atoms with Crippen molar-refractivity contribution in [1.29, 1.82) is 0 Å². The van der Waals surface area contributed by atoms with Gasteiger partial charge in [0.2, 0.25) is 0 Å². The number of carboxylic acid groups (broad SMARTS) is 1. The molecule has 1 N–H and O–H groups in total. The van der Waals surface area contributed by atoms with Crippen LogP contribution in [0.2, 0.25) is 0 Å². The van der Waals surface area contributed by atoms with Crippen molar-refractivity contribution in [3.63, 3.8) is 0 Å². The van der Waals surface area contributed by atoms with Gasteiger partial charge in [-0.25, -0.2) is 14.2 Å². The summed E-state index contributed by atoms with van der Waals surface area (Å²) < 4.78 is 54.0. The molecule has 2 saturated heterocycles. The van der Waals surface area contributed by atoms with Crippen LogP contribution < -0.4 is 4.90 Å². The molecule has 1 aromatic heterocycles. The van der Waals surface area contributed by atoms with Gasteiger partial charge in [-0.15, -0.1) is 0 Å². The number of likely N-dealkylation sites (tertiary alicyclic amines) is 1. The minimum Gasteiger partial charge on any atom is -0.465 e. The van der Waals surface area contributed by atoms with E-state index in [9.17, 15) is 23.1 Å². The van der Waals surface area contributed by atoms with E-state index < -0.39 is 41.0 Å². The highest BCUT2D eigenvalue weighted by Crippen LogP contribution is 2.52. The first-order valence-electron chi connectivity index (χ1n) is 7.84. The van der Waals surface area contributed by atoms with Gasteiger partial charge in [0.25, 0.3) is 0 Å². The molecule has 1 unspecified atom stereocenters. The van der Waals surface area contributed by atoms with Crippen molar-refractivity contribution in [2.45, 2.75) is 44.7 Å². The summed E-state index contributed by atoms with van der Waals surface area (Å²) in [6.45, 7) is 5.07. The van der Waals surface area contributed by atoms with Gasteiger partial charge in [0.1, 0.15) is 17.5 Å². The van der Waals surface area contributed by atoms with Gasteiger partial charge >= 0.3 is 12.3 Å². The Morgan fingerprint density at radius 2 is 2.00 bits per heavy atom. The fraction of sp³-hybridized carbons (Fsp3) is 0.625. The fourth-order valence-corrected chi connectivity index (χ4v) is 4.02. The molecule has 0 aliphatic carbocycles. The lowest BCUT2D eigenvalue weighted by Gasteiger charge is -2.48. The molecule has 0 saturated carbocycles. The zero-order chi connectivity index (χ0) is 18.8. The van der Waals surface area contributed by atoms with E-state index in [0.717, 1.165) is 23.2 Å². The number of hydrogen-bond acceptors (Lipinski definition) is 3. The van der Waals surface area contributed by atoms with Crippen molar-refractivity contribution in [3.8, 4) is 0 Å². The van der Waals surface area contributed by atoms with Gasteiger partial charge in [0, 0.05) is 19.3 Å². The SMILES string of the molecule is CC(C)(C)[C@]12CN(c3cc(C(F)(F)F)ccn3)[C@@H](CN1C(=O)O)C2F. The summed E-state index contributed by atoms with van der Waals surface area (Å²) in [6.07, 6.45) is -6.23. The van der Waals surface area contributed by atoms with Gasteiger partial charge in [-0.3, -0.25) is 4.90 Å². The Labute approximate surface area is 142 Å². The van der Waals surface area contributed by atoms with Crippen molar-refractivity contribution >= 4 is 11.9 Å². The first kappa shape index (κ1) is 17.8. The van der Waals surface area contributed by atoms with Crippen LogP contribution in [0.15, 0.2) is 18.3 Å². The summed E-state index contributed by atoms with van der Waals surface area (Å²) in [5, 5.41) is 9.47. The Hall–Kier alpha value is -2.06. The molecular formula is C16H19F4N3O2. The third-order valence-corrected chi connectivity index (χ3v) is 5.35. The Morgan fingerprint density at radius 3 is 2.52 bits per heavy atom. The normalized spacial score (nSPS) is 29.4. The molecule has 138 valence electrons. The van der Waals surface area contributed by atoms with Crippen LogP contribution in [-0.2, 0) is 6.18 Å². The average molecular weight is 361 g/mol. The summed E-state index contributed by atoms with van der Waals surface area (Å²) >= 11 is 0. The number of amides is 1. The lowest BCUT2D eigenvalue weighted by molar-refractivity contribution is -0.137. The number of piperazine rings is 1. The number of nitrogens with zero attached hydrogens (tertiary/aromatic N) is 3. The number of anilines is 1. The third kappa shape index (κ3) is 2.43. The minimum atomic E-state index is -4.53. The summed E-state index contributed by atoms with van der Waals surface area (Å²) in [4.78, 5) is 18.1. The second-order valence-corrected chi connectivity index (χ2v) is 7.56. The molecule has 9 heteroatoms. The van der Waals surface area contributed by atoms with Gasteiger partial charge in [-0.2, -0.15) is 13.2 Å². The summed E-state index contributed by atoms with van der Waals surface area (Å²) in [5.41, 5.74) is -2.94. The van der Waals surface area contributed by atoms with Crippen molar-refractivity contribution in [1.82, 2.24) is 9.88 Å². The van der Waals surface area contributed by atoms with E-state index >= 15 is 4.39 Å². The van der Waals surface area contributed by atoms with Crippen LogP contribution in [0, 0.1) is 5.41 Å². The molecular weight excluding hydrogens is 342 g/mol. The summed E-state index contributed by atoms with van der Waals surface area (Å²) in [6, 6.07) is 0.884. The van der Waals surface area contributed by atoms with Crippen LogP contribution in [-0.4, -0.2) is 51.9 Å². The number of rotatable bonds is 1. The van der Waals surface area contributed by atoms with Crippen LogP contribution >= 0.6 is 0 Å². The lowest BCUT2D eigenvalue weighted by Crippen LogP contribution is -2.63. The Bertz CT molecular complexity index is 703. The number of carbonyl (C=O) groups is 1. The van der Waals surface area contributed by atoms with Crippen LogP contribution in [0.4, 0.5) is 28.2 Å². The molecule has 3 heterocycles. The van der Waals surface area contributed by atoms with Crippen molar-refractivity contribution in [2.24, 2.45) is 5.41 Å². The monoisotopic (exact) mass is 361 g/mol. The molecule has 2 aliphatic heterocycles. The highest BCUT2D eigenvalue weighted by molar-refractivity contribution is 5.70. The van der Waals surface area contributed by atoms with E-state index in [1.54, 1.807) is 20.8 Å². The average Bonchev–Trinajstić information content (AvgIpc) is 2.95. The third-order valence-electron chi connectivity index (χ3n) is 5.35. The molecule has 2 aliphatic rings. The molecule has 5 nitrogen and oxygen atoms in total. The molecule has 3 atom stereocenters. The topological polar surface area (TPSA) is 56.7 Å². The number of fused-ring (bicyclic) bond motifs is 2.